The number of nitrogens with one attached hydrogen (secondary N) is 2. The van der Waals surface area contributed by atoms with Crippen LogP contribution in [0.1, 0.15) is 32.2 Å². The van der Waals surface area contributed by atoms with E-state index in [2.05, 4.69) is 41.5 Å². The topological polar surface area (TPSA) is 75.9 Å². The van der Waals surface area contributed by atoms with Gasteiger partial charge in [-0.15, -0.1) is 0 Å². The Morgan fingerprint density at radius 3 is 2.38 bits per heavy atom. The highest BCUT2D eigenvalue weighted by atomic mass is 35.5. The summed E-state index contributed by atoms with van der Waals surface area (Å²) in [6.45, 7) is 8.08. The molecular formula is C15H20ClN5. The highest BCUT2D eigenvalue weighted by Crippen LogP contribution is 2.28. The molecule has 0 unspecified atom stereocenters. The summed E-state index contributed by atoms with van der Waals surface area (Å²) in [4.78, 5) is 9.08. The second-order valence-corrected chi connectivity index (χ2v) is 6.34. The molecule has 0 saturated heterocycles. The Hall–Kier alpha value is -1.85. The zero-order chi connectivity index (χ0) is 15.6. The van der Waals surface area contributed by atoms with Crippen LogP contribution in [0.5, 0.6) is 0 Å². The number of aromatic nitrogens is 2. The third kappa shape index (κ3) is 3.62. The first-order valence-electron chi connectivity index (χ1n) is 6.69. The van der Waals surface area contributed by atoms with Crippen LogP contribution in [0.3, 0.4) is 0 Å². The molecule has 2 aromatic rings. The van der Waals surface area contributed by atoms with Crippen molar-refractivity contribution >= 4 is 28.9 Å². The Bertz CT molecular complexity index is 649. The van der Waals surface area contributed by atoms with Crippen molar-refractivity contribution in [1.29, 1.82) is 0 Å². The fraction of sp³-hybridized carbons (Fsp3) is 0.333. The molecule has 5 nitrogen and oxygen atoms in total. The number of hydrogen-bond donors (Lipinski definition) is 3. The predicted molar refractivity (Wildman–Crippen MR) is 88.0 cm³/mol. The summed E-state index contributed by atoms with van der Waals surface area (Å²) in [5.74, 6) is 7.60. The molecule has 0 fully saturated rings. The van der Waals surface area contributed by atoms with Crippen molar-refractivity contribution in [3.05, 3.63) is 40.7 Å². The number of nitrogen functional groups attached to an aromatic ring is 1. The fourth-order valence-electron chi connectivity index (χ4n) is 1.82. The van der Waals surface area contributed by atoms with Gasteiger partial charge in [0.25, 0.3) is 0 Å². The molecule has 0 aliphatic heterocycles. The number of rotatable bonds is 3. The largest absolute Gasteiger partial charge is 0.340 e. The molecule has 2 rings (SSSR count). The van der Waals surface area contributed by atoms with Crippen LogP contribution in [-0.4, -0.2) is 9.97 Å². The van der Waals surface area contributed by atoms with Gasteiger partial charge in [0.05, 0.1) is 0 Å². The quantitative estimate of drug-likeness (QED) is 0.594. The molecule has 4 N–H and O–H groups in total. The van der Waals surface area contributed by atoms with Crippen molar-refractivity contribution in [3.63, 3.8) is 0 Å². The van der Waals surface area contributed by atoms with Crippen molar-refractivity contribution in [1.82, 2.24) is 9.97 Å². The van der Waals surface area contributed by atoms with E-state index in [-0.39, 0.29) is 5.41 Å². The molecule has 0 atom stereocenters. The maximum Gasteiger partial charge on any atom is 0.148 e. The van der Waals surface area contributed by atoms with Crippen LogP contribution in [0.2, 0.25) is 5.02 Å². The van der Waals surface area contributed by atoms with Crippen molar-refractivity contribution < 1.29 is 0 Å². The fourth-order valence-corrected chi connectivity index (χ4v) is 2.01. The maximum absolute atomic E-state index is 6.01. The summed E-state index contributed by atoms with van der Waals surface area (Å²) in [6.07, 6.45) is 0. The molecule has 0 aliphatic rings. The summed E-state index contributed by atoms with van der Waals surface area (Å²) in [7, 11) is 0. The normalized spacial score (nSPS) is 11.3. The molecule has 0 radical (unpaired) electrons. The first kappa shape index (κ1) is 15.5. The van der Waals surface area contributed by atoms with Crippen molar-refractivity contribution in [3.8, 4) is 0 Å². The van der Waals surface area contributed by atoms with E-state index in [1.165, 1.54) is 0 Å². The van der Waals surface area contributed by atoms with Gasteiger partial charge in [0.15, 0.2) is 0 Å². The van der Waals surface area contributed by atoms with Crippen LogP contribution >= 0.6 is 11.6 Å². The van der Waals surface area contributed by atoms with Crippen LogP contribution in [0.25, 0.3) is 0 Å². The lowest BCUT2D eigenvalue weighted by Gasteiger charge is -2.20. The Labute approximate surface area is 129 Å². The maximum atomic E-state index is 6.01. The molecule has 6 heteroatoms. The van der Waals surface area contributed by atoms with E-state index >= 15 is 0 Å². The first-order valence-corrected chi connectivity index (χ1v) is 7.07. The third-order valence-electron chi connectivity index (χ3n) is 3.04. The minimum absolute atomic E-state index is 0.177. The van der Waals surface area contributed by atoms with E-state index in [4.69, 9.17) is 17.4 Å². The van der Waals surface area contributed by atoms with E-state index in [9.17, 15) is 0 Å². The summed E-state index contributed by atoms with van der Waals surface area (Å²) in [6, 6.07) is 7.48. The molecule has 1 heterocycles. The number of benzene rings is 1. The molecule has 0 saturated carbocycles. The van der Waals surface area contributed by atoms with E-state index in [0.29, 0.717) is 22.5 Å². The molecular weight excluding hydrogens is 286 g/mol. The molecule has 0 bridgehead atoms. The zero-order valence-corrected chi connectivity index (χ0v) is 13.4. The van der Waals surface area contributed by atoms with Gasteiger partial charge in [-0.1, -0.05) is 38.4 Å². The van der Waals surface area contributed by atoms with Crippen LogP contribution < -0.4 is 16.6 Å². The van der Waals surface area contributed by atoms with Crippen LogP contribution in [-0.2, 0) is 5.41 Å². The van der Waals surface area contributed by atoms with Crippen LogP contribution in [0.4, 0.5) is 17.3 Å². The molecule has 1 aromatic carbocycles. The zero-order valence-electron chi connectivity index (χ0n) is 12.7. The number of hydrogen-bond acceptors (Lipinski definition) is 5. The Morgan fingerprint density at radius 1 is 1.14 bits per heavy atom. The highest BCUT2D eigenvalue weighted by molar-refractivity contribution is 6.30. The summed E-state index contributed by atoms with van der Waals surface area (Å²) in [5.41, 5.74) is 4.17. The summed E-state index contributed by atoms with van der Waals surface area (Å²) < 4.78 is 0. The average Bonchev–Trinajstić information content (AvgIpc) is 2.40. The van der Waals surface area contributed by atoms with E-state index < -0.39 is 0 Å². The lowest BCUT2D eigenvalue weighted by Crippen LogP contribution is -2.20. The SMILES string of the molecule is Cc1c(NN)nc(C(C)(C)C)nc1Nc1cccc(Cl)c1. The van der Waals surface area contributed by atoms with Gasteiger partial charge in [0, 0.05) is 21.7 Å². The summed E-state index contributed by atoms with van der Waals surface area (Å²) in [5, 5.41) is 3.94. The van der Waals surface area contributed by atoms with Gasteiger partial charge in [0.1, 0.15) is 17.5 Å². The average molecular weight is 306 g/mol. The smallest absolute Gasteiger partial charge is 0.148 e. The van der Waals surface area contributed by atoms with Gasteiger partial charge in [0.2, 0.25) is 0 Å². The van der Waals surface area contributed by atoms with Crippen molar-refractivity contribution in [2.24, 2.45) is 5.84 Å². The van der Waals surface area contributed by atoms with Gasteiger partial charge < -0.3 is 10.7 Å². The van der Waals surface area contributed by atoms with Gasteiger partial charge >= 0.3 is 0 Å². The van der Waals surface area contributed by atoms with E-state index in [1.807, 2.05) is 31.2 Å². The molecule has 0 aliphatic carbocycles. The predicted octanol–water partition coefficient (Wildman–Crippen LogP) is 3.77. The second kappa shape index (κ2) is 5.87. The molecule has 0 amide bonds. The number of halogens is 1. The summed E-state index contributed by atoms with van der Waals surface area (Å²) >= 11 is 6.01. The van der Waals surface area contributed by atoms with E-state index in [1.54, 1.807) is 0 Å². The number of nitrogens with two attached hydrogens (primary N) is 1. The minimum Gasteiger partial charge on any atom is -0.340 e. The molecule has 1 aromatic heterocycles. The Balaban J connectivity index is 2.47. The van der Waals surface area contributed by atoms with Gasteiger partial charge in [-0.2, -0.15) is 0 Å². The van der Waals surface area contributed by atoms with Gasteiger partial charge in [-0.3, -0.25) is 0 Å². The van der Waals surface area contributed by atoms with Gasteiger partial charge in [-0.25, -0.2) is 15.8 Å². The number of nitrogens with zero attached hydrogens (tertiary/aromatic N) is 2. The van der Waals surface area contributed by atoms with Gasteiger partial charge in [-0.05, 0) is 25.1 Å². The Morgan fingerprint density at radius 2 is 1.81 bits per heavy atom. The number of hydrazine groups is 1. The molecule has 112 valence electrons. The lowest BCUT2D eigenvalue weighted by molar-refractivity contribution is 0.546. The van der Waals surface area contributed by atoms with Crippen molar-refractivity contribution in [2.75, 3.05) is 10.7 Å². The lowest BCUT2D eigenvalue weighted by atomic mass is 9.95. The second-order valence-electron chi connectivity index (χ2n) is 5.90. The van der Waals surface area contributed by atoms with E-state index in [0.717, 1.165) is 11.3 Å². The first-order chi connectivity index (χ1) is 9.81. The van der Waals surface area contributed by atoms with Crippen LogP contribution in [0.15, 0.2) is 24.3 Å². The monoisotopic (exact) mass is 305 g/mol. The molecule has 0 spiro atoms. The Kier molecular flexibility index (Phi) is 4.34. The molecule has 21 heavy (non-hydrogen) atoms. The third-order valence-corrected chi connectivity index (χ3v) is 3.28. The number of anilines is 3. The highest BCUT2D eigenvalue weighted by Gasteiger charge is 2.21. The minimum atomic E-state index is -0.177. The standard InChI is InChI=1S/C15H20ClN5/c1-9-12(18-11-7-5-6-10(16)8-11)19-14(15(2,3)4)20-13(9)21-17/h5-8H,17H2,1-4H3,(H2,18,19,20,21). The van der Waals surface area contributed by atoms with Crippen molar-refractivity contribution in [2.45, 2.75) is 33.1 Å². The van der Waals surface area contributed by atoms with Crippen LogP contribution in [0, 0.1) is 6.92 Å².